The quantitative estimate of drug-likeness (QED) is 0.457. The van der Waals surface area contributed by atoms with E-state index in [2.05, 4.69) is 10.6 Å². The fourth-order valence-electron chi connectivity index (χ4n) is 0.415. The molecule has 42 valence electrons. The summed E-state index contributed by atoms with van der Waals surface area (Å²) in [6.45, 7) is 1.97. The van der Waals surface area contributed by atoms with Crippen molar-refractivity contribution < 1.29 is 0 Å². The molecule has 0 atom stereocenters. The van der Waals surface area contributed by atoms with E-state index in [1.807, 2.05) is 0 Å². The Morgan fingerprint density at radius 2 is 1.71 bits per heavy atom. The third kappa shape index (κ3) is 1.94. The normalized spacial score (nSPS) is 16.9. The minimum absolute atomic E-state index is 0. The summed E-state index contributed by atoms with van der Waals surface area (Å²) in [5, 5.41) is 6.67. The van der Waals surface area contributed by atoms with Gasteiger partial charge in [-0.2, -0.15) is 0 Å². The van der Waals surface area contributed by atoms with Crippen molar-refractivity contribution in [2.45, 2.75) is 0 Å². The first-order valence-electron chi connectivity index (χ1n) is 1.91. The van der Waals surface area contributed by atoms with Crippen LogP contribution in [0.4, 0.5) is 0 Å². The Morgan fingerprint density at radius 1 is 1.29 bits per heavy atom. The van der Waals surface area contributed by atoms with E-state index in [0.717, 1.165) is 18.2 Å². The van der Waals surface area contributed by atoms with Gasteiger partial charge in [-0.1, -0.05) is 0 Å². The molecule has 1 fully saturated rings. The molecule has 2 nitrogen and oxygen atoms in total. The molecule has 1 heterocycles. The summed E-state index contributed by atoms with van der Waals surface area (Å²) in [5.41, 5.74) is 0. The average Bonchev–Trinajstić information content (AvgIpc) is 1.86. The largest absolute Gasteiger partial charge is 0.361 e. The Labute approximate surface area is 54.1 Å². The Bertz CT molecular complexity index is 67.3. The van der Waals surface area contributed by atoms with Crippen molar-refractivity contribution in [2.24, 2.45) is 0 Å². The van der Waals surface area contributed by atoms with Crippen LogP contribution in [0.25, 0.3) is 0 Å². The highest BCUT2D eigenvalue weighted by Crippen LogP contribution is 1.71. The van der Waals surface area contributed by atoms with Crippen LogP contribution in [0.1, 0.15) is 0 Å². The molecule has 2 N–H and O–H groups in total. The monoisotopic (exact) mass is 138 g/mol. The van der Waals surface area contributed by atoms with Crippen molar-refractivity contribution in [1.82, 2.24) is 10.6 Å². The molecule has 0 aromatic heterocycles. The number of hydrogen-bond acceptors (Lipinski definition) is 1. The van der Waals surface area contributed by atoms with Crippen LogP contribution >= 0.6 is 24.6 Å². The standard InChI is InChI=1S/C3H6N2S.ClH/c6-3-4-1-2-5-3;/h1-2H2,(H2,4,5,6);1H. The summed E-state index contributed by atoms with van der Waals surface area (Å²) in [4.78, 5) is 0. The number of nitrogens with one attached hydrogen (secondary N) is 2. The second-order valence-corrected chi connectivity index (χ2v) is 1.59. The third-order valence-corrected chi connectivity index (χ3v) is 0.985. The first-order chi connectivity index (χ1) is 2.89. The maximum absolute atomic E-state index is 4.70. The Balaban J connectivity index is 0.000000360. The zero-order valence-corrected chi connectivity index (χ0v) is 5.36. The van der Waals surface area contributed by atoms with E-state index in [9.17, 15) is 0 Å². The molecule has 0 spiro atoms. The molecule has 0 saturated carbocycles. The van der Waals surface area contributed by atoms with E-state index in [-0.39, 0.29) is 12.4 Å². The van der Waals surface area contributed by atoms with Gasteiger partial charge in [0.05, 0.1) is 0 Å². The molecule has 1 rings (SSSR count). The van der Waals surface area contributed by atoms with Crippen molar-refractivity contribution in [3.05, 3.63) is 0 Å². The van der Waals surface area contributed by atoms with E-state index in [0.29, 0.717) is 0 Å². The van der Waals surface area contributed by atoms with Gasteiger partial charge in [0.1, 0.15) is 0 Å². The van der Waals surface area contributed by atoms with Crippen molar-refractivity contribution in [2.75, 3.05) is 13.1 Å². The van der Waals surface area contributed by atoms with E-state index < -0.39 is 0 Å². The summed E-state index contributed by atoms with van der Waals surface area (Å²) in [6.07, 6.45) is 0. The number of halogens is 1. The lowest BCUT2D eigenvalue weighted by Crippen LogP contribution is -2.19. The van der Waals surface area contributed by atoms with Gasteiger partial charge in [-0.25, -0.2) is 0 Å². The Morgan fingerprint density at radius 3 is 1.86 bits per heavy atom. The summed E-state index contributed by atoms with van der Waals surface area (Å²) in [5.74, 6) is 0. The Hall–Kier alpha value is -0.0200. The summed E-state index contributed by atoms with van der Waals surface area (Å²) in [7, 11) is 0. The lowest BCUT2D eigenvalue weighted by atomic mass is 10.7. The second-order valence-electron chi connectivity index (χ2n) is 1.18. The van der Waals surface area contributed by atoms with Gasteiger partial charge in [0.15, 0.2) is 5.11 Å². The SMILES string of the molecule is Cl.S=C1NCCN1. The molecule has 0 aliphatic carbocycles. The van der Waals surface area contributed by atoms with E-state index in [1.54, 1.807) is 0 Å². The zero-order valence-electron chi connectivity index (χ0n) is 3.73. The fraction of sp³-hybridized carbons (Fsp3) is 0.667. The van der Waals surface area contributed by atoms with Gasteiger partial charge in [0.2, 0.25) is 0 Å². The summed E-state index contributed by atoms with van der Waals surface area (Å²) < 4.78 is 0. The zero-order chi connectivity index (χ0) is 4.41. The van der Waals surface area contributed by atoms with Crippen molar-refractivity contribution in [3.63, 3.8) is 0 Å². The average molecular weight is 139 g/mol. The summed E-state index contributed by atoms with van der Waals surface area (Å²) >= 11 is 4.70. The predicted octanol–water partition coefficient (Wildman–Crippen LogP) is -0.114. The van der Waals surface area contributed by atoms with Crippen molar-refractivity contribution in [3.8, 4) is 0 Å². The van der Waals surface area contributed by atoms with Crippen LogP contribution < -0.4 is 10.6 Å². The number of rotatable bonds is 0. The molecule has 0 aromatic rings. The molecule has 1 aliphatic heterocycles. The van der Waals surface area contributed by atoms with Crippen LogP contribution in [0.5, 0.6) is 0 Å². The molecule has 1 aliphatic rings. The van der Waals surface area contributed by atoms with E-state index in [1.165, 1.54) is 0 Å². The Kier molecular flexibility index (Phi) is 3.04. The molecular formula is C3H7ClN2S. The van der Waals surface area contributed by atoms with Gasteiger partial charge in [-0.05, 0) is 12.2 Å². The van der Waals surface area contributed by atoms with E-state index in [4.69, 9.17) is 12.2 Å². The minimum Gasteiger partial charge on any atom is -0.361 e. The highest BCUT2D eigenvalue weighted by atomic mass is 35.5. The van der Waals surface area contributed by atoms with Crippen molar-refractivity contribution >= 4 is 29.7 Å². The molecule has 0 unspecified atom stereocenters. The first kappa shape index (κ1) is 6.98. The fourth-order valence-corrected chi connectivity index (χ4v) is 0.619. The highest BCUT2D eigenvalue weighted by molar-refractivity contribution is 7.80. The van der Waals surface area contributed by atoms with Crippen LogP contribution in [0.2, 0.25) is 0 Å². The summed E-state index contributed by atoms with van der Waals surface area (Å²) in [6, 6.07) is 0. The van der Waals surface area contributed by atoms with Gasteiger partial charge >= 0.3 is 0 Å². The first-order valence-corrected chi connectivity index (χ1v) is 2.32. The topological polar surface area (TPSA) is 24.1 Å². The lowest BCUT2D eigenvalue weighted by Gasteiger charge is -1.85. The minimum atomic E-state index is 0. The molecule has 0 bridgehead atoms. The van der Waals surface area contributed by atoms with Gasteiger partial charge in [0, 0.05) is 13.1 Å². The van der Waals surface area contributed by atoms with Gasteiger partial charge in [0.25, 0.3) is 0 Å². The van der Waals surface area contributed by atoms with E-state index >= 15 is 0 Å². The lowest BCUT2D eigenvalue weighted by molar-refractivity contribution is 0.942. The predicted molar refractivity (Wildman–Crippen MR) is 35.9 cm³/mol. The van der Waals surface area contributed by atoms with Gasteiger partial charge < -0.3 is 10.6 Å². The molecule has 0 aromatic carbocycles. The molecule has 7 heavy (non-hydrogen) atoms. The molecule has 0 radical (unpaired) electrons. The molecule has 0 amide bonds. The number of hydrogen-bond donors (Lipinski definition) is 2. The maximum Gasteiger partial charge on any atom is 0.166 e. The van der Waals surface area contributed by atoms with Crippen molar-refractivity contribution in [1.29, 1.82) is 0 Å². The van der Waals surface area contributed by atoms with Crippen LogP contribution in [-0.2, 0) is 0 Å². The smallest absolute Gasteiger partial charge is 0.166 e. The van der Waals surface area contributed by atoms with Gasteiger partial charge in [-0.3, -0.25) is 0 Å². The molecular weight excluding hydrogens is 132 g/mol. The third-order valence-electron chi connectivity index (χ3n) is 0.696. The molecule has 1 saturated heterocycles. The molecule has 4 heteroatoms. The van der Waals surface area contributed by atoms with Crippen LogP contribution in [0.3, 0.4) is 0 Å². The maximum atomic E-state index is 4.70. The highest BCUT2D eigenvalue weighted by Gasteiger charge is 1.98. The second kappa shape index (κ2) is 3.04. The number of thiocarbonyl (C=S) groups is 1. The van der Waals surface area contributed by atoms with Gasteiger partial charge in [-0.15, -0.1) is 12.4 Å². The van der Waals surface area contributed by atoms with Crippen LogP contribution in [0.15, 0.2) is 0 Å². The van der Waals surface area contributed by atoms with Crippen LogP contribution in [-0.4, -0.2) is 18.2 Å². The van der Waals surface area contributed by atoms with Crippen LogP contribution in [0, 0.1) is 0 Å².